The Bertz CT molecular complexity index is 607. The lowest BCUT2D eigenvalue weighted by Crippen LogP contribution is -2.35. The van der Waals surface area contributed by atoms with Crippen LogP contribution in [0.5, 0.6) is 0 Å². The van der Waals surface area contributed by atoms with E-state index < -0.39 is 0 Å². The molecule has 0 amide bonds. The molecule has 1 heterocycles. The molecule has 1 aromatic heterocycles. The predicted molar refractivity (Wildman–Crippen MR) is 91.4 cm³/mol. The normalized spacial score (nSPS) is 11.7. The number of halogens is 2. The van der Waals surface area contributed by atoms with Crippen LogP contribution in [0.2, 0.25) is 10.0 Å². The zero-order chi connectivity index (χ0) is 15.5. The van der Waals surface area contributed by atoms with Gasteiger partial charge in [-0.15, -0.1) is 0 Å². The van der Waals surface area contributed by atoms with Crippen LogP contribution in [0, 0.1) is 0 Å². The molecule has 2 rings (SSSR count). The van der Waals surface area contributed by atoms with Crippen molar-refractivity contribution in [3.05, 3.63) is 52.1 Å². The highest BCUT2D eigenvalue weighted by Gasteiger charge is 2.13. The first kappa shape index (κ1) is 16.6. The summed E-state index contributed by atoms with van der Waals surface area (Å²) in [4.78, 5) is 5.35. The summed E-state index contributed by atoms with van der Waals surface area (Å²) in [6.07, 6.45) is 1.65. The smallest absolute Gasteiger partial charge is 0.101 e. The first-order valence-corrected chi connectivity index (χ1v) is 8.24. The van der Waals surface area contributed by atoms with Crippen LogP contribution in [0.1, 0.15) is 26.3 Å². The van der Waals surface area contributed by atoms with Crippen molar-refractivity contribution in [2.24, 2.45) is 0 Å². The minimum atomic E-state index is 0.0583. The van der Waals surface area contributed by atoms with Crippen molar-refractivity contribution < 1.29 is 0 Å². The van der Waals surface area contributed by atoms with Crippen molar-refractivity contribution >= 4 is 35.0 Å². The summed E-state index contributed by atoms with van der Waals surface area (Å²) in [5, 5.41) is 5.74. The Balaban J connectivity index is 2.23. The highest BCUT2D eigenvalue weighted by Crippen LogP contribution is 2.35. The molecule has 1 N–H and O–H groups in total. The Morgan fingerprint density at radius 1 is 1.14 bits per heavy atom. The lowest BCUT2D eigenvalue weighted by Gasteiger charge is -2.21. The first-order chi connectivity index (χ1) is 9.85. The van der Waals surface area contributed by atoms with Gasteiger partial charge in [0.2, 0.25) is 0 Å². The zero-order valence-corrected chi connectivity index (χ0v) is 14.6. The van der Waals surface area contributed by atoms with Crippen molar-refractivity contribution in [1.82, 2.24) is 10.3 Å². The van der Waals surface area contributed by atoms with Crippen LogP contribution in [-0.4, -0.2) is 10.5 Å². The van der Waals surface area contributed by atoms with Crippen molar-refractivity contribution in [2.45, 2.75) is 42.8 Å². The fraction of sp³-hybridized carbons (Fsp3) is 0.312. The summed E-state index contributed by atoms with van der Waals surface area (Å²) in [6.45, 7) is 7.20. The number of nitrogens with zero attached hydrogens (tertiary/aromatic N) is 1. The number of benzene rings is 1. The molecule has 21 heavy (non-hydrogen) atoms. The maximum absolute atomic E-state index is 6.36. The number of hydrogen-bond donors (Lipinski definition) is 1. The molecule has 0 aliphatic carbocycles. The van der Waals surface area contributed by atoms with E-state index in [1.54, 1.807) is 18.0 Å². The molecule has 5 heteroatoms. The van der Waals surface area contributed by atoms with Crippen LogP contribution < -0.4 is 5.32 Å². The molecular formula is C16H18Cl2N2S. The third-order valence-electron chi connectivity index (χ3n) is 2.76. The highest BCUT2D eigenvalue weighted by molar-refractivity contribution is 7.99. The standard InChI is InChI=1S/C16H18Cl2N2S/c1-16(2,3)20-9-11-5-4-6-13(18)15(11)21-14-8-7-12(17)10-19-14/h4-8,10,20H,9H2,1-3H3. The van der Waals surface area contributed by atoms with E-state index in [1.165, 1.54) is 5.56 Å². The maximum atomic E-state index is 6.36. The van der Waals surface area contributed by atoms with E-state index in [-0.39, 0.29) is 5.54 Å². The molecule has 0 unspecified atom stereocenters. The van der Waals surface area contributed by atoms with Gasteiger partial charge < -0.3 is 5.32 Å². The molecule has 0 aliphatic heterocycles. The third-order valence-corrected chi connectivity index (χ3v) is 4.55. The molecule has 0 bridgehead atoms. The second-order valence-electron chi connectivity index (χ2n) is 5.75. The Morgan fingerprint density at radius 3 is 2.52 bits per heavy atom. The van der Waals surface area contributed by atoms with E-state index in [4.69, 9.17) is 23.2 Å². The van der Waals surface area contributed by atoms with Crippen molar-refractivity contribution in [3.8, 4) is 0 Å². The monoisotopic (exact) mass is 340 g/mol. The fourth-order valence-electron chi connectivity index (χ4n) is 1.69. The number of nitrogens with one attached hydrogen (secondary N) is 1. The molecule has 0 saturated carbocycles. The summed E-state index contributed by atoms with van der Waals surface area (Å²) in [7, 11) is 0. The molecule has 0 spiro atoms. The van der Waals surface area contributed by atoms with E-state index >= 15 is 0 Å². The summed E-state index contributed by atoms with van der Waals surface area (Å²) in [6, 6.07) is 9.70. The average molecular weight is 341 g/mol. The number of rotatable bonds is 4. The summed E-state index contributed by atoms with van der Waals surface area (Å²) in [5.74, 6) is 0. The van der Waals surface area contributed by atoms with Crippen LogP contribution in [0.4, 0.5) is 0 Å². The molecule has 2 nitrogen and oxygen atoms in total. The van der Waals surface area contributed by atoms with Gasteiger partial charge in [-0.25, -0.2) is 4.98 Å². The van der Waals surface area contributed by atoms with Gasteiger partial charge in [-0.2, -0.15) is 0 Å². The minimum absolute atomic E-state index is 0.0583. The Hall–Kier alpha value is -0.740. The number of aromatic nitrogens is 1. The molecule has 0 fully saturated rings. The van der Waals surface area contributed by atoms with Crippen LogP contribution in [0.25, 0.3) is 0 Å². The quantitative estimate of drug-likeness (QED) is 0.803. The third kappa shape index (κ3) is 5.19. The van der Waals surface area contributed by atoms with Gasteiger partial charge in [0.15, 0.2) is 0 Å². The van der Waals surface area contributed by atoms with Gasteiger partial charge in [-0.1, -0.05) is 47.1 Å². The first-order valence-electron chi connectivity index (χ1n) is 6.67. The van der Waals surface area contributed by atoms with Gasteiger partial charge in [0.25, 0.3) is 0 Å². The van der Waals surface area contributed by atoms with Gasteiger partial charge in [0.05, 0.1) is 10.0 Å². The molecular weight excluding hydrogens is 323 g/mol. The van der Waals surface area contributed by atoms with Gasteiger partial charge >= 0.3 is 0 Å². The topological polar surface area (TPSA) is 24.9 Å². The minimum Gasteiger partial charge on any atom is -0.308 e. The summed E-state index contributed by atoms with van der Waals surface area (Å²) >= 11 is 13.8. The van der Waals surface area contributed by atoms with Crippen LogP contribution in [0.15, 0.2) is 46.5 Å². The van der Waals surface area contributed by atoms with E-state index in [2.05, 4.69) is 37.1 Å². The zero-order valence-electron chi connectivity index (χ0n) is 12.3. The van der Waals surface area contributed by atoms with Gasteiger partial charge in [0.1, 0.15) is 5.03 Å². The van der Waals surface area contributed by atoms with E-state index in [0.717, 1.165) is 21.5 Å². The fourth-order valence-corrected chi connectivity index (χ4v) is 3.00. The Kier molecular flexibility index (Phi) is 5.55. The van der Waals surface area contributed by atoms with Crippen LogP contribution in [-0.2, 0) is 6.54 Å². The molecule has 0 atom stereocenters. The molecule has 0 aliphatic rings. The number of hydrogen-bond acceptors (Lipinski definition) is 3. The molecule has 1 aromatic carbocycles. The van der Waals surface area contributed by atoms with E-state index in [9.17, 15) is 0 Å². The predicted octanol–water partition coefficient (Wildman–Crippen LogP) is 5.43. The molecule has 0 radical (unpaired) electrons. The van der Waals surface area contributed by atoms with Crippen LogP contribution in [0.3, 0.4) is 0 Å². The van der Waals surface area contributed by atoms with Crippen molar-refractivity contribution in [3.63, 3.8) is 0 Å². The summed E-state index contributed by atoms with van der Waals surface area (Å²) in [5.41, 5.74) is 1.22. The van der Waals surface area contributed by atoms with Crippen LogP contribution >= 0.6 is 35.0 Å². The summed E-state index contributed by atoms with van der Waals surface area (Å²) < 4.78 is 0. The number of pyridine rings is 1. The molecule has 112 valence electrons. The van der Waals surface area contributed by atoms with Gasteiger partial charge in [-0.05, 0) is 44.5 Å². The lowest BCUT2D eigenvalue weighted by molar-refractivity contribution is 0.422. The second kappa shape index (κ2) is 7.01. The van der Waals surface area contributed by atoms with E-state index in [0.29, 0.717) is 5.02 Å². The van der Waals surface area contributed by atoms with E-state index in [1.807, 2.05) is 24.3 Å². The van der Waals surface area contributed by atoms with Gasteiger partial charge in [0, 0.05) is 23.2 Å². The van der Waals surface area contributed by atoms with Gasteiger partial charge in [-0.3, -0.25) is 0 Å². The molecule has 2 aromatic rings. The Labute approximate surface area is 140 Å². The average Bonchev–Trinajstić information content (AvgIpc) is 2.41. The van der Waals surface area contributed by atoms with Crippen molar-refractivity contribution in [1.29, 1.82) is 0 Å². The highest BCUT2D eigenvalue weighted by atomic mass is 35.5. The largest absolute Gasteiger partial charge is 0.308 e. The second-order valence-corrected chi connectivity index (χ2v) is 7.62. The molecule has 0 saturated heterocycles. The SMILES string of the molecule is CC(C)(C)NCc1cccc(Cl)c1Sc1ccc(Cl)cn1. The van der Waals surface area contributed by atoms with Crippen molar-refractivity contribution in [2.75, 3.05) is 0 Å². The lowest BCUT2D eigenvalue weighted by atomic mass is 10.1. The maximum Gasteiger partial charge on any atom is 0.101 e. The Morgan fingerprint density at radius 2 is 1.90 bits per heavy atom.